The van der Waals surface area contributed by atoms with Gasteiger partial charge in [-0.25, -0.2) is 22.3 Å². The van der Waals surface area contributed by atoms with Crippen molar-refractivity contribution in [2.75, 3.05) is 11.4 Å². The van der Waals surface area contributed by atoms with Gasteiger partial charge in [-0.1, -0.05) is 12.1 Å². The third kappa shape index (κ3) is 5.21. The first-order valence-electron chi connectivity index (χ1n) is 12.2. The minimum atomic E-state index is -4.91. The molecule has 2 aromatic carbocycles. The maximum absolute atomic E-state index is 13.7. The fraction of sp³-hybridized carbons (Fsp3) is 0.346. The fourth-order valence-electron chi connectivity index (χ4n) is 4.67. The largest absolute Gasteiger partial charge is 0.425 e. The molecular formula is C26H23F4N5O4S. The van der Waals surface area contributed by atoms with Crippen LogP contribution in [0.1, 0.15) is 30.5 Å². The van der Waals surface area contributed by atoms with Gasteiger partial charge < -0.3 is 15.0 Å². The Morgan fingerprint density at radius 1 is 1.18 bits per heavy atom. The van der Waals surface area contributed by atoms with Crippen LogP contribution in [0.25, 0.3) is 5.69 Å². The monoisotopic (exact) mass is 577 g/mol. The Kier molecular flexibility index (Phi) is 6.73. The highest BCUT2D eigenvalue weighted by atomic mass is 32.2. The highest BCUT2D eigenvalue weighted by Crippen LogP contribution is 2.40. The smallest absolute Gasteiger partial charge is 0.417 e. The second-order valence-electron chi connectivity index (χ2n) is 9.76. The Hall–Kier alpha value is -4.12. The Labute approximate surface area is 226 Å². The minimum Gasteiger partial charge on any atom is -0.425 e. The topological polar surface area (TPSA) is 117 Å². The molecule has 1 aliphatic carbocycles. The summed E-state index contributed by atoms with van der Waals surface area (Å²) in [5.74, 6) is -0.209. The van der Waals surface area contributed by atoms with Gasteiger partial charge in [0.1, 0.15) is 17.2 Å². The van der Waals surface area contributed by atoms with E-state index in [1.165, 1.54) is 39.9 Å². The molecule has 1 aromatic heterocycles. The van der Waals surface area contributed by atoms with Crippen LogP contribution in [0.5, 0.6) is 0 Å². The summed E-state index contributed by atoms with van der Waals surface area (Å²) in [7, 11) is -4.57. The molecular weight excluding hydrogens is 554 g/mol. The van der Waals surface area contributed by atoms with Gasteiger partial charge in [-0.3, -0.25) is 0 Å². The normalized spacial score (nSPS) is 20.1. The zero-order valence-corrected chi connectivity index (χ0v) is 21.8. The second-order valence-corrected chi connectivity index (χ2v) is 12.0. The van der Waals surface area contributed by atoms with Crippen LogP contribution in [0.4, 0.5) is 28.2 Å². The number of nitrogens with one attached hydrogen (secondary N) is 1. The highest BCUT2D eigenvalue weighted by Gasteiger charge is 2.49. The number of rotatable bonds is 6. The molecule has 2 fully saturated rings. The maximum atomic E-state index is 13.7. The number of anilines is 1. The van der Waals surface area contributed by atoms with Crippen LogP contribution in [0, 0.1) is 24.1 Å². The number of sulfone groups is 1. The zero-order valence-electron chi connectivity index (χ0n) is 21.0. The van der Waals surface area contributed by atoms with Crippen molar-refractivity contribution in [1.29, 1.82) is 5.26 Å². The summed E-state index contributed by atoms with van der Waals surface area (Å²) in [4.78, 5) is 13.3. The number of amides is 1. The summed E-state index contributed by atoms with van der Waals surface area (Å²) >= 11 is 0. The molecule has 0 radical (unpaired) electrons. The standard InChI is InChI=1S/C26H23F4N5O4S/c1-16-12-22(35(33-16)18-8-6-17(27)7-9-18)34-14-19(13-23(34)39-24(36)32-25(15-31)10-11-25)40(37,38)21-5-3-2-4-20(21)26(28,29)30/h2-9,12,19,23H,10-11,13-14H2,1H3,(H,32,36)/t19-,23+/m1/s1. The first-order valence-corrected chi connectivity index (χ1v) is 13.8. The summed E-state index contributed by atoms with van der Waals surface area (Å²) in [6, 6.07) is 12.8. The lowest BCUT2D eigenvalue weighted by atomic mass is 10.2. The number of ether oxygens (including phenoxy) is 1. The van der Waals surface area contributed by atoms with Gasteiger partial charge >= 0.3 is 12.3 Å². The van der Waals surface area contributed by atoms with E-state index in [9.17, 15) is 36.0 Å². The number of aromatic nitrogens is 2. The van der Waals surface area contributed by atoms with Gasteiger partial charge in [0.25, 0.3) is 0 Å². The first-order chi connectivity index (χ1) is 18.8. The van der Waals surface area contributed by atoms with Gasteiger partial charge in [0.05, 0.1) is 33.2 Å². The van der Waals surface area contributed by atoms with Gasteiger partial charge in [-0.15, -0.1) is 0 Å². The van der Waals surface area contributed by atoms with Crippen molar-refractivity contribution in [3.05, 3.63) is 71.7 Å². The number of nitriles is 1. The van der Waals surface area contributed by atoms with Crippen molar-refractivity contribution in [1.82, 2.24) is 15.1 Å². The Balaban J connectivity index is 1.53. The number of halogens is 4. The van der Waals surface area contributed by atoms with Crippen LogP contribution >= 0.6 is 0 Å². The average Bonchev–Trinajstić information content (AvgIpc) is 3.37. The summed E-state index contributed by atoms with van der Waals surface area (Å²) in [6.07, 6.45) is -6.61. The van der Waals surface area contributed by atoms with Crippen LogP contribution in [0.2, 0.25) is 0 Å². The molecule has 9 nitrogen and oxygen atoms in total. The summed E-state index contributed by atoms with van der Waals surface area (Å²) in [6.45, 7) is 1.34. The molecule has 14 heteroatoms. The molecule has 5 rings (SSSR count). The second kappa shape index (κ2) is 9.81. The number of nitrogens with zero attached hydrogens (tertiary/aromatic N) is 4. The Morgan fingerprint density at radius 3 is 2.48 bits per heavy atom. The van der Waals surface area contributed by atoms with Crippen molar-refractivity contribution < 1.29 is 35.5 Å². The van der Waals surface area contributed by atoms with Crippen LogP contribution in [0.15, 0.2) is 59.5 Å². The fourth-order valence-corrected chi connectivity index (χ4v) is 6.56. The van der Waals surface area contributed by atoms with Crippen molar-refractivity contribution >= 4 is 21.7 Å². The average molecular weight is 578 g/mol. The number of alkyl carbamates (subject to hydrolysis) is 1. The van der Waals surface area contributed by atoms with Crippen LogP contribution in [-0.4, -0.2) is 47.9 Å². The third-order valence-corrected chi connectivity index (χ3v) is 9.07. The third-order valence-electron chi connectivity index (χ3n) is 6.88. The summed E-state index contributed by atoms with van der Waals surface area (Å²) in [5.41, 5.74) is -1.44. The zero-order chi connectivity index (χ0) is 28.9. The molecule has 3 aromatic rings. The van der Waals surface area contributed by atoms with Gasteiger partial charge in [0.15, 0.2) is 16.1 Å². The quantitative estimate of drug-likeness (QED) is 0.429. The van der Waals surface area contributed by atoms with E-state index >= 15 is 0 Å². The number of aryl methyl sites for hydroxylation is 1. The lowest BCUT2D eigenvalue weighted by Gasteiger charge is -2.27. The molecule has 210 valence electrons. The molecule has 1 saturated carbocycles. The van der Waals surface area contributed by atoms with Crippen molar-refractivity contribution in [3.63, 3.8) is 0 Å². The number of carbonyl (C=O) groups excluding carboxylic acids is 1. The number of benzene rings is 2. The van der Waals surface area contributed by atoms with Gasteiger partial charge in [-0.05, 0) is 56.2 Å². The highest BCUT2D eigenvalue weighted by molar-refractivity contribution is 7.92. The molecule has 1 amide bonds. The van der Waals surface area contributed by atoms with E-state index in [4.69, 9.17) is 4.74 Å². The van der Waals surface area contributed by atoms with Gasteiger partial charge in [0, 0.05) is 19.0 Å². The van der Waals surface area contributed by atoms with Crippen LogP contribution < -0.4 is 10.2 Å². The van der Waals surface area contributed by atoms with E-state index in [1.807, 2.05) is 6.07 Å². The van der Waals surface area contributed by atoms with E-state index in [2.05, 4.69) is 10.4 Å². The molecule has 2 atom stereocenters. The van der Waals surface area contributed by atoms with E-state index in [1.54, 1.807) is 13.0 Å². The molecule has 40 heavy (non-hydrogen) atoms. The van der Waals surface area contributed by atoms with E-state index in [-0.39, 0.29) is 18.8 Å². The predicted molar refractivity (Wildman–Crippen MR) is 134 cm³/mol. The molecule has 0 bridgehead atoms. The SMILES string of the molecule is Cc1cc(N2C[C@H](S(=O)(=O)c3ccccc3C(F)(F)F)C[C@@H]2OC(=O)NC2(C#N)CC2)n(-c2ccc(F)cc2)n1. The van der Waals surface area contributed by atoms with Crippen LogP contribution in [-0.2, 0) is 20.8 Å². The van der Waals surface area contributed by atoms with E-state index < -0.39 is 55.4 Å². The minimum absolute atomic E-state index is 0.283. The molecule has 0 spiro atoms. The Bertz CT molecular complexity index is 1590. The molecule has 2 aliphatic rings. The van der Waals surface area contributed by atoms with Gasteiger partial charge in [-0.2, -0.15) is 23.5 Å². The molecule has 2 heterocycles. The van der Waals surface area contributed by atoms with Gasteiger partial charge in [0.2, 0.25) is 0 Å². The number of hydrogen-bond donors (Lipinski definition) is 1. The van der Waals surface area contributed by atoms with E-state index in [0.717, 1.165) is 12.1 Å². The molecule has 0 unspecified atom stereocenters. The maximum Gasteiger partial charge on any atom is 0.417 e. The number of carbonyl (C=O) groups is 1. The van der Waals surface area contributed by atoms with Crippen molar-refractivity contribution in [3.8, 4) is 11.8 Å². The molecule has 1 N–H and O–H groups in total. The summed E-state index contributed by atoms with van der Waals surface area (Å²) in [5, 5.41) is 14.8. The molecule has 1 aliphatic heterocycles. The molecule has 1 saturated heterocycles. The Morgan fingerprint density at radius 2 is 1.85 bits per heavy atom. The number of alkyl halides is 3. The van der Waals surface area contributed by atoms with E-state index in [0.29, 0.717) is 30.3 Å². The first kappa shape index (κ1) is 27.4. The van der Waals surface area contributed by atoms with Crippen LogP contribution in [0.3, 0.4) is 0 Å². The lowest BCUT2D eigenvalue weighted by molar-refractivity contribution is -0.139. The lowest BCUT2D eigenvalue weighted by Crippen LogP contribution is -2.42. The van der Waals surface area contributed by atoms with Crippen molar-refractivity contribution in [2.24, 2.45) is 0 Å². The summed E-state index contributed by atoms with van der Waals surface area (Å²) < 4.78 is 88.9. The predicted octanol–water partition coefficient (Wildman–Crippen LogP) is 4.50. The van der Waals surface area contributed by atoms with Crippen molar-refractivity contribution in [2.45, 2.75) is 54.3 Å². The number of hydrogen-bond acceptors (Lipinski definition) is 7.